The lowest BCUT2D eigenvalue weighted by Gasteiger charge is -2.08. The Morgan fingerprint density at radius 2 is 1.59 bits per heavy atom. The molecule has 0 spiro atoms. The Labute approximate surface area is 157 Å². The van der Waals surface area contributed by atoms with Crippen LogP contribution in [0.5, 0.6) is 0 Å². The van der Waals surface area contributed by atoms with Crippen LogP contribution >= 0.6 is 0 Å². The van der Waals surface area contributed by atoms with E-state index in [1.807, 2.05) is 49.4 Å². The van der Waals surface area contributed by atoms with Gasteiger partial charge >= 0.3 is 5.97 Å². The average molecular weight is 358 g/mol. The standard InChI is InChI=1S/C22H18N2O3/c1-13-6-4-5-7-17(13)15-8-10-16(11-9-15)19-18(12-23)20(14(2)25)24(3)21(19)22(26)27/h4-11H,1-3H3,(H,26,27). The Bertz CT molecular complexity index is 1100. The number of Topliss-reactive ketones (excluding diaryl/α,β-unsaturated/α-hetero) is 1. The van der Waals surface area contributed by atoms with Crippen molar-refractivity contribution < 1.29 is 14.7 Å². The molecular weight excluding hydrogens is 340 g/mol. The van der Waals surface area contributed by atoms with E-state index in [1.165, 1.54) is 18.5 Å². The molecule has 0 fully saturated rings. The quantitative estimate of drug-likeness (QED) is 0.699. The third-order valence-electron chi connectivity index (χ3n) is 4.67. The molecule has 27 heavy (non-hydrogen) atoms. The van der Waals surface area contributed by atoms with Crippen molar-refractivity contribution in [1.29, 1.82) is 5.26 Å². The van der Waals surface area contributed by atoms with Crippen LogP contribution in [0.15, 0.2) is 48.5 Å². The first-order valence-corrected chi connectivity index (χ1v) is 8.40. The van der Waals surface area contributed by atoms with Gasteiger partial charge in [0, 0.05) is 19.5 Å². The molecule has 134 valence electrons. The fraction of sp³-hybridized carbons (Fsp3) is 0.136. The van der Waals surface area contributed by atoms with E-state index in [0.717, 1.165) is 16.7 Å². The Morgan fingerprint density at radius 1 is 1.00 bits per heavy atom. The van der Waals surface area contributed by atoms with Crippen molar-refractivity contribution in [2.45, 2.75) is 13.8 Å². The van der Waals surface area contributed by atoms with Gasteiger partial charge in [0.05, 0.1) is 5.56 Å². The van der Waals surface area contributed by atoms with Crippen LogP contribution in [0.4, 0.5) is 0 Å². The van der Waals surface area contributed by atoms with Gasteiger partial charge in [-0.1, -0.05) is 48.5 Å². The van der Waals surface area contributed by atoms with Crippen LogP contribution in [0.3, 0.4) is 0 Å². The number of carbonyl (C=O) groups is 2. The smallest absolute Gasteiger partial charge is 0.353 e. The zero-order valence-corrected chi connectivity index (χ0v) is 15.3. The summed E-state index contributed by atoms with van der Waals surface area (Å²) in [6, 6.07) is 17.3. The predicted octanol–water partition coefficient (Wildman–Crippen LogP) is 4.44. The molecule has 0 amide bonds. The van der Waals surface area contributed by atoms with Crippen LogP contribution < -0.4 is 0 Å². The molecule has 3 rings (SSSR count). The van der Waals surface area contributed by atoms with Gasteiger partial charge in [0.1, 0.15) is 17.5 Å². The van der Waals surface area contributed by atoms with E-state index in [1.54, 1.807) is 12.1 Å². The number of carboxylic acid groups (broad SMARTS) is 1. The van der Waals surface area contributed by atoms with Crippen LogP contribution in [-0.4, -0.2) is 21.4 Å². The molecule has 0 aliphatic carbocycles. The highest BCUT2D eigenvalue weighted by molar-refractivity contribution is 6.04. The minimum atomic E-state index is -1.18. The maximum Gasteiger partial charge on any atom is 0.353 e. The highest BCUT2D eigenvalue weighted by Crippen LogP contribution is 2.34. The first kappa shape index (κ1) is 18.2. The van der Waals surface area contributed by atoms with Gasteiger partial charge in [-0.15, -0.1) is 0 Å². The molecule has 2 aromatic carbocycles. The van der Waals surface area contributed by atoms with Crippen molar-refractivity contribution in [1.82, 2.24) is 4.57 Å². The topological polar surface area (TPSA) is 83.1 Å². The molecule has 5 heteroatoms. The molecule has 5 nitrogen and oxygen atoms in total. The van der Waals surface area contributed by atoms with Gasteiger partial charge in [-0.25, -0.2) is 4.79 Å². The lowest BCUT2D eigenvalue weighted by atomic mass is 9.95. The van der Waals surface area contributed by atoms with Crippen LogP contribution in [-0.2, 0) is 7.05 Å². The molecule has 0 atom stereocenters. The number of rotatable bonds is 4. The third kappa shape index (κ3) is 3.02. The van der Waals surface area contributed by atoms with Gasteiger partial charge in [-0.05, 0) is 29.2 Å². The maximum atomic E-state index is 12.0. The number of carboxylic acids is 1. The van der Waals surface area contributed by atoms with Gasteiger partial charge in [-0.3, -0.25) is 4.79 Å². The van der Waals surface area contributed by atoms with Gasteiger partial charge in [0.15, 0.2) is 5.78 Å². The SMILES string of the molecule is CC(=O)c1c(C#N)c(-c2ccc(-c3ccccc3C)cc2)c(C(=O)O)n1C. The Morgan fingerprint density at radius 3 is 2.11 bits per heavy atom. The Hall–Kier alpha value is -3.65. The number of hydrogen-bond donors (Lipinski definition) is 1. The number of hydrogen-bond acceptors (Lipinski definition) is 3. The summed E-state index contributed by atoms with van der Waals surface area (Å²) < 4.78 is 1.29. The second kappa shape index (κ2) is 6.93. The average Bonchev–Trinajstić information content (AvgIpc) is 2.95. The Balaban J connectivity index is 2.22. The summed E-state index contributed by atoms with van der Waals surface area (Å²) >= 11 is 0. The number of carbonyl (C=O) groups excluding carboxylic acids is 1. The lowest BCUT2D eigenvalue weighted by Crippen LogP contribution is -2.10. The molecule has 0 bridgehead atoms. The molecule has 1 heterocycles. The number of aryl methyl sites for hydroxylation is 1. The first-order valence-electron chi connectivity index (χ1n) is 8.40. The third-order valence-corrected chi connectivity index (χ3v) is 4.67. The molecule has 0 aliphatic rings. The molecule has 0 saturated carbocycles. The summed E-state index contributed by atoms with van der Waals surface area (Å²) in [6.45, 7) is 3.35. The van der Waals surface area contributed by atoms with Crippen LogP contribution in [0.25, 0.3) is 22.3 Å². The second-order valence-electron chi connectivity index (χ2n) is 6.37. The van der Waals surface area contributed by atoms with Gasteiger partial charge in [-0.2, -0.15) is 5.26 Å². The highest BCUT2D eigenvalue weighted by Gasteiger charge is 2.28. The summed E-state index contributed by atoms with van der Waals surface area (Å²) in [5.41, 5.74) is 4.20. The van der Waals surface area contributed by atoms with E-state index in [-0.39, 0.29) is 28.3 Å². The van der Waals surface area contributed by atoms with Gasteiger partial charge < -0.3 is 9.67 Å². The number of ketones is 1. The van der Waals surface area contributed by atoms with E-state index in [4.69, 9.17) is 0 Å². The number of benzene rings is 2. The number of nitrogens with zero attached hydrogens (tertiary/aromatic N) is 2. The van der Waals surface area contributed by atoms with Gasteiger partial charge in [0.2, 0.25) is 0 Å². The van der Waals surface area contributed by atoms with Crippen LogP contribution in [0.1, 0.15) is 39.0 Å². The molecule has 1 N–H and O–H groups in total. The molecule has 3 aromatic rings. The van der Waals surface area contributed by atoms with Crippen LogP contribution in [0.2, 0.25) is 0 Å². The monoisotopic (exact) mass is 358 g/mol. The van der Waals surface area contributed by atoms with Gasteiger partial charge in [0.25, 0.3) is 0 Å². The zero-order chi connectivity index (χ0) is 19.7. The first-order chi connectivity index (χ1) is 12.9. The molecule has 1 aromatic heterocycles. The normalized spacial score (nSPS) is 10.4. The molecule has 0 radical (unpaired) electrons. The van der Waals surface area contributed by atoms with Crippen molar-refractivity contribution in [3.63, 3.8) is 0 Å². The van der Waals surface area contributed by atoms with Crippen molar-refractivity contribution in [2.75, 3.05) is 0 Å². The fourth-order valence-corrected chi connectivity index (χ4v) is 3.45. The van der Waals surface area contributed by atoms with E-state index in [2.05, 4.69) is 0 Å². The highest BCUT2D eigenvalue weighted by atomic mass is 16.4. The summed E-state index contributed by atoms with van der Waals surface area (Å²) in [5.74, 6) is -1.53. The summed E-state index contributed by atoms with van der Waals surface area (Å²) in [5, 5.41) is 19.2. The Kier molecular flexibility index (Phi) is 4.66. The largest absolute Gasteiger partial charge is 0.477 e. The maximum absolute atomic E-state index is 12.0. The molecule has 0 aliphatic heterocycles. The van der Waals surface area contributed by atoms with Crippen LogP contribution in [0, 0.1) is 18.3 Å². The second-order valence-corrected chi connectivity index (χ2v) is 6.37. The molecular formula is C22H18N2O3. The molecule has 0 saturated heterocycles. The van der Waals surface area contributed by atoms with E-state index >= 15 is 0 Å². The van der Waals surface area contributed by atoms with Crippen molar-refractivity contribution in [3.05, 3.63) is 71.0 Å². The summed E-state index contributed by atoms with van der Waals surface area (Å²) in [6.07, 6.45) is 0. The lowest BCUT2D eigenvalue weighted by molar-refractivity contribution is 0.0687. The number of nitriles is 1. The number of aromatic nitrogens is 1. The van der Waals surface area contributed by atoms with Crippen molar-refractivity contribution in [3.8, 4) is 28.3 Å². The van der Waals surface area contributed by atoms with Crippen molar-refractivity contribution >= 4 is 11.8 Å². The fourth-order valence-electron chi connectivity index (χ4n) is 3.45. The van der Waals surface area contributed by atoms with E-state index in [9.17, 15) is 20.0 Å². The minimum Gasteiger partial charge on any atom is -0.477 e. The predicted molar refractivity (Wildman–Crippen MR) is 103 cm³/mol. The van der Waals surface area contributed by atoms with E-state index in [0.29, 0.717) is 5.56 Å². The number of aromatic carboxylic acids is 1. The van der Waals surface area contributed by atoms with Crippen molar-refractivity contribution in [2.24, 2.45) is 7.05 Å². The zero-order valence-electron chi connectivity index (χ0n) is 15.3. The molecule has 0 unspecified atom stereocenters. The summed E-state index contributed by atoms with van der Waals surface area (Å²) in [4.78, 5) is 23.8. The van der Waals surface area contributed by atoms with E-state index < -0.39 is 5.97 Å². The minimum absolute atomic E-state index is 0.0691. The summed E-state index contributed by atoms with van der Waals surface area (Å²) in [7, 11) is 1.49.